The van der Waals surface area contributed by atoms with Gasteiger partial charge in [0.2, 0.25) is 0 Å². The van der Waals surface area contributed by atoms with E-state index in [1.165, 1.54) is 12.0 Å². The Labute approximate surface area is 112 Å². The number of hydrogen-bond acceptors (Lipinski definition) is 4. The highest BCUT2D eigenvalue weighted by molar-refractivity contribution is 5.28. The summed E-state index contributed by atoms with van der Waals surface area (Å²) in [6.45, 7) is 5.17. The molecule has 5 heteroatoms. The van der Waals surface area contributed by atoms with E-state index in [2.05, 4.69) is 34.6 Å². The molecule has 0 amide bonds. The van der Waals surface area contributed by atoms with Gasteiger partial charge in [0.1, 0.15) is 0 Å². The molecule has 19 heavy (non-hydrogen) atoms. The van der Waals surface area contributed by atoms with Crippen LogP contribution in [0.25, 0.3) is 0 Å². The van der Waals surface area contributed by atoms with E-state index in [0.29, 0.717) is 30.1 Å². The highest BCUT2D eigenvalue weighted by atomic mass is 16.5. The molecule has 3 rings (SSSR count). The molecule has 0 spiro atoms. The van der Waals surface area contributed by atoms with Gasteiger partial charge in [-0.2, -0.15) is 0 Å². The van der Waals surface area contributed by atoms with Crippen molar-refractivity contribution in [3.63, 3.8) is 0 Å². The van der Waals surface area contributed by atoms with Gasteiger partial charge in [0, 0.05) is 6.42 Å². The molecule has 1 saturated carbocycles. The Kier molecular flexibility index (Phi) is 2.71. The molecule has 2 aliphatic rings. The molecule has 3 atom stereocenters. The normalized spacial score (nSPS) is 36.8. The summed E-state index contributed by atoms with van der Waals surface area (Å²) in [6, 6.07) is 0. The van der Waals surface area contributed by atoms with Gasteiger partial charge in [-0.15, -0.1) is 0 Å². The zero-order valence-corrected chi connectivity index (χ0v) is 11.5. The molecule has 104 valence electrons. The van der Waals surface area contributed by atoms with Crippen LogP contribution in [0.15, 0.2) is 21.0 Å². The second kappa shape index (κ2) is 4.07. The van der Waals surface area contributed by atoms with E-state index in [4.69, 9.17) is 5.73 Å². The van der Waals surface area contributed by atoms with Crippen molar-refractivity contribution < 1.29 is 4.52 Å². The number of aromatic nitrogens is 2. The molecule has 3 unspecified atom stereocenters. The summed E-state index contributed by atoms with van der Waals surface area (Å²) in [6.07, 6.45) is 6.51. The third kappa shape index (κ3) is 1.79. The Balaban J connectivity index is 1.86. The highest BCUT2D eigenvalue weighted by Crippen LogP contribution is 2.66. The molecule has 1 aromatic heterocycles. The fourth-order valence-corrected chi connectivity index (χ4v) is 4.35. The van der Waals surface area contributed by atoms with Gasteiger partial charge in [-0.25, -0.2) is 4.79 Å². The minimum absolute atomic E-state index is 0.0332. The number of aromatic amines is 1. The van der Waals surface area contributed by atoms with Crippen molar-refractivity contribution in [2.45, 2.75) is 39.5 Å². The van der Waals surface area contributed by atoms with Gasteiger partial charge in [-0.1, -0.05) is 30.7 Å². The van der Waals surface area contributed by atoms with Gasteiger partial charge in [-0.3, -0.25) is 9.51 Å². The molecule has 0 radical (unpaired) electrons. The SMILES string of the molecule is CCC1=CC2C(C)(C1)CC2(CN)Cc1noc(=O)[nH]1. The van der Waals surface area contributed by atoms with Gasteiger partial charge in [-0.05, 0) is 42.6 Å². The Morgan fingerprint density at radius 3 is 3.00 bits per heavy atom. The summed E-state index contributed by atoms with van der Waals surface area (Å²) in [5.74, 6) is 0.636. The van der Waals surface area contributed by atoms with Crippen molar-refractivity contribution in [3.8, 4) is 0 Å². The number of allylic oxidation sites excluding steroid dienone is 2. The molecule has 2 aliphatic carbocycles. The quantitative estimate of drug-likeness (QED) is 0.808. The van der Waals surface area contributed by atoms with E-state index >= 15 is 0 Å². The standard InChI is InChI=1S/C14H21N3O2/c1-3-9-4-10-13(2,5-9)7-14(10,8-15)6-11-16-12(18)19-17-11/h4,10H,3,5-8,15H2,1-2H3,(H,16,17,18). The lowest BCUT2D eigenvalue weighted by Crippen LogP contribution is -2.57. The summed E-state index contributed by atoms with van der Waals surface area (Å²) in [5, 5.41) is 3.79. The average Bonchev–Trinajstić information content (AvgIpc) is 2.89. The smallest absolute Gasteiger partial charge is 0.330 e. The minimum Gasteiger partial charge on any atom is -0.330 e. The lowest BCUT2D eigenvalue weighted by molar-refractivity contribution is -0.0713. The van der Waals surface area contributed by atoms with E-state index in [-0.39, 0.29) is 5.41 Å². The number of nitrogens with one attached hydrogen (secondary N) is 1. The fraction of sp³-hybridized carbons (Fsp3) is 0.714. The lowest BCUT2D eigenvalue weighted by atomic mass is 9.46. The second-order valence-corrected chi connectivity index (χ2v) is 6.45. The number of fused-ring (bicyclic) bond motifs is 1. The first-order valence-corrected chi connectivity index (χ1v) is 6.96. The van der Waals surface area contributed by atoms with Crippen LogP contribution in [-0.2, 0) is 6.42 Å². The van der Waals surface area contributed by atoms with Gasteiger partial charge in [0.05, 0.1) is 0 Å². The van der Waals surface area contributed by atoms with Crippen LogP contribution in [0.5, 0.6) is 0 Å². The molecule has 3 N–H and O–H groups in total. The van der Waals surface area contributed by atoms with Gasteiger partial charge >= 0.3 is 5.76 Å². The number of hydrogen-bond donors (Lipinski definition) is 2. The Morgan fingerprint density at radius 2 is 2.42 bits per heavy atom. The van der Waals surface area contributed by atoms with Crippen LogP contribution < -0.4 is 11.5 Å². The van der Waals surface area contributed by atoms with Crippen LogP contribution in [0, 0.1) is 16.7 Å². The van der Waals surface area contributed by atoms with Crippen LogP contribution >= 0.6 is 0 Å². The van der Waals surface area contributed by atoms with E-state index < -0.39 is 5.76 Å². The predicted octanol–water partition coefficient (Wildman–Crippen LogP) is 1.62. The zero-order chi connectivity index (χ0) is 13.7. The number of H-pyrrole nitrogens is 1. The molecule has 0 aromatic carbocycles. The minimum atomic E-state index is -0.486. The van der Waals surface area contributed by atoms with Crippen molar-refractivity contribution >= 4 is 0 Å². The largest absolute Gasteiger partial charge is 0.438 e. The third-order valence-electron chi connectivity index (χ3n) is 5.06. The van der Waals surface area contributed by atoms with Crippen LogP contribution in [0.2, 0.25) is 0 Å². The van der Waals surface area contributed by atoms with Gasteiger partial charge in [0.15, 0.2) is 5.82 Å². The second-order valence-electron chi connectivity index (χ2n) is 6.45. The van der Waals surface area contributed by atoms with Crippen molar-refractivity contribution in [1.82, 2.24) is 10.1 Å². The van der Waals surface area contributed by atoms with Crippen molar-refractivity contribution in [1.29, 1.82) is 0 Å². The van der Waals surface area contributed by atoms with E-state index in [1.54, 1.807) is 0 Å². The Bertz CT molecular complexity index is 573. The van der Waals surface area contributed by atoms with Crippen molar-refractivity contribution in [2.75, 3.05) is 6.54 Å². The molecular weight excluding hydrogens is 242 g/mol. The van der Waals surface area contributed by atoms with E-state index in [1.807, 2.05) is 0 Å². The van der Waals surface area contributed by atoms with E-state index in [0.717, 1.165) is 12.8 Å². The molecule has 0 aliphatic heterocycles. The average molecular weight is 263 g/mol. The topological polar surface area (TPSA) is 84.9 Å². The first-order valence-electron chi connectivity index (χ1n) is 6.96. The molecule has 0 bridgehead atoms. The summed E-state index contributed by atoms with van der Waals surface area (Å²) in [7, 11) is 0. The Morgan fingerprint density at radius 1 is 1.63 bits per heavy atom. The van der Waals surface area contributed by atoms with Gasteiger partial charge < -0.3 is 5.73 Å². The highest BCUT2D eigenvalue weighted by Gasteiger charge is 2.61. The maximum Gasteiger partial charge on any atom is 0.438 e. The Hall–Kier alpha value is -1.36. The van der Waals surface area contributed by atoms with Crippen LogP contribution in [0.1, 0.15) is 38.9 Å². The molecule has 5 nitrogen and oxygen atoms in total. The predicted molar refractivity (Wildman–Crippen MR) is 71.5 cm³/mol. The molecule has 1 aromatic rings. The van der Waals surface area contributed by atoms with Crippen LogP contribution in [-0.4, -0.2) is 16.7 Å². The summed E-state index contributed by atoms with van der Waals surface area (Å²) in [4.78, 5) is 13.7. The molecule has 0 saturated heterocycles. The molecule has 1 heterocycles. The summed E-state index contributed by atoms with van der Waals surface area (Å²) >= 11 is 0. The zero-order valence-electron chi connectivity index (χ0n) is 11.5. The monoisotopic (exact) mass is 263 g/mol. The summed E-state index contributed by atoms with van der Waals surface area (Å²) in [5.41, 5.74) is 7.97. The molecular formula is C14H21N3O2. The van der Waals surface area contributed by atoms with Crippen molar-refractivity contribution in [3.05, 3.63) is 28.0 Å². The van der Waals surface area contributed by atoms with Crippen LogP contribution in [0.4, 0.5) is 0 Å². The number of nitrogens with two attached hydrogens (primary N) is 1. The van der Waals surface area contributed by atoms with Crippen LogP contribution in [0.3, 0.4) is 0 Å². The lowest BCUT2D eigenvalue weighted by Gasteiger charge is -2.58. The maximum atomic E-state index is 11.0. The first kappa shape index (κ1) is 12.7. The maximum absolute atomic E-state index is 11.0. The number of rotatable bonds is 4. The van der Waals surface area contributed by atoms with Crippen molar-refractivity contribution in [2.24, 2.45) is 22.5 Å². The van der Waals surface area contributed by atoms with E-state index in [9.17, 15) is 4.79 Å². The first-order chi connectivity index (χ1) is 9.01. The fourth-order valence-electron chi connectivity index (χ4n) is 4.35. The summed E-state index contributed by atoms with van der Waals surface area (Å²) < 4.78 is 4.58. The number of nitrogens with zero attached hydrogens (tertiary/aromatic N) is 1. The van der Waals surface area contributed by atoms with Gasteiger partial charge in [0.25, 0.3) is 0 Å². The third-order valence-corrected chi connectivity index (χ3v) is 5.06. The molecule has 1 fully saturated rings.